The predicted molar refractivity (Wildman–Crippen MR) is 99.3 cm³/mol. The maximum Gasteiger partial charge on any atom is 0.233 e. The van der Waals surface area contributed by atoms with E-state index in [0.717, 1.165) is 22.5 Å². The van der Waals surface area contributed by atoms with Crippen molar-refractivity contribution in [1.29, 1.82) is 0 Å². The van der Waals surface area contributed by atoms with Crippen LogP contribution in [0.15, 0.2) is 15.2 Å². The van der Waals surface area contributed by atoms with Gasteiger partial charge in [-0.05, 0) is 27.2 Å². The highest BCUT2D eigenvalue weighted by Crippen LogP contribution is 2.45. The van der Waals surface area contributed by atoms with Gasteiger partial charge in [-0.2, -0.15) is 10.1 Å². The molecular formula is C19H24N6O3. The van der Waals surface area contributed by atoms with Crippen molar-refractivity contribution in [2.24, 2.45) is 7.05 Å². The number of amides is 1. The normalized spacial score (nSPS) is 19.8. The highest BCUT2D eigenvalue weighted by atomic mass is 16.5. The van der Waals surface area contributed by atoms with E-state index in [0.29, 0.717) is 36.9 Å². The van der Waals surface area contributed by atoms with Crippen LogP contribution in [-0.2, 0) is 18.3 Å². The van der Waals surface area contributed by atoms with Crippen LogP contribution in [0.2, 0.25) is 0 Å². The van der Waals surface area contributed by atoms with E-state index >= 15 is 0 Å². The van der Waals surface area contributed by atoms with E-state index in [1.807, 2.05) is 50.5 Å². The van der Waals surface area contributed by atoms with Crippen molar-refractivity contribution in [3.63, 3.8) is 0 Å². The van der Waals surface area contributed by atoms with Crippen LogP contribution < -0.4 is 0 Å². The van der Waals surface area contributed by atoms with Crippen LogP contribution in [-0.4, -0.2) is 42.4 Å². The number of aromatic nitrogens is 5. The molecule has 1 amide bonds. The molecule has 9 heteroatoms. The van der Waals surface area contributed by atoms with Crippen LogP contribution in [0.4, 0.5) is 0 Å². The van der Waals surface area contributed by atoms with Crippen LogP contribution in [0.5, 0.6) is 0 Å². The summed E-state index contributed by atoms with van der Waals surface area (Å²) < 4.78 is 12.7. The minimum absolute atomic E-state index is 0.0795. The average molecular weight is 384 g/mol. The first-order valence-corrected chi connectivity index (χ1v) is 9.53. The second-order valence-electron chi connectivity index (χ2n) is 7.11. The molecule has 28 heavy (non-hydrogen) atoms. The molecule has 3 aromatic heterocycles. The minimum atomic E-state index is -0.221. The maximum atomic E-state index is 12.7. The summed E-state index contributed by atoms with van der Waals surface area (Å²) in [5, 5.41) is 12.6. The van der Waals surface area contributed by atoms with Gasteiger partial charge in [0.05, 0.1) is 29.4 Å². The van der Waals surface area contributed by atoms with Crippen molar-refractivity contribution in [3.05, 3.63) is 34.8 Å². The first kappa shape index (κ1) is 18.4. The fourth-order valence-electron chi connectivity index (χ4n) is 4.01. The van der Waals surface area contributed by atoms with Gasteiger partial charge in [0, 0.05) is 31.3 Å². The summed E-state index contributed by atoms with van der Waals surface area (Å²) in [6.45, 7) is 8.42. The number of aryl methyl sites for hydroxylation is 3. The van der Waals surface area contributed by atoms with Gasteiger partial charge >= 0.3 is 0 Å². The minimum Gasteiger partial charge on any atom is -0.361 e. The van der Waals surface area contributed by atoms with Crippen LogP contribution >= 0.6 is 0 Å². The number of hydrogen-bond acceptors (Lipinski definition) is 7. The molecule has 0 spiro atoms. The van der Waals surface area contributed by atoms with Gasteiger partial charge in [-0.1, -0.05) is 17.2 Å². The van der Waals surface area contributed by atoms with Crippen molar-refractivity contribution in [3.8, 4) is 11.4 Å². The van der Waals surface area contributed by atoms with Crippen molar-refractivity contribution < 1.29 is 13.8 Å². The number of hydrogen-bond donors (Lipinski definition) is 0. The summed E-state index contributed by atoms with van der Waals surface area (Å²) in [7, 11) is 1.90. The lowest BCUT2D eigenvalue weighted by atomic mass is 9.94. The highest BCUT2D eigenvalue weighted by molar-refractivity contribution is 5.80. The molecule has 148 valence electrons. The molecule has 0 unspecified atom stereocenters. The van der Waals surface area contributed by atoms with Crippen LogP contribution in [0.1, 0.15) is 60.8 Å². The number of likely N-dealkylation sites (N-methyl/N-ethyl adjacent to an activating group) is 1. The Bertz CT molecular complexity index is 1020. The van der Waals surface area contributed by atoms with Gasteiger partial charge in [0.2, 0.25) is 17.6 Å². The number of carbonyl (C=O) groups excluding carboxylic acids is 1. The Hall–Kier alpha value is -2.97. The van der Waals surface area contributed by atoms with Crippen molar-refractivity contribution in [2.45, 2.75) is 52.5 Å². The lowest BCUT2D eigenvalue weighted by Crippen LogP contribution is -2.28. The van der Waals surface area contributed by atoms with Gasteiger partial charge in [0.1, 0.15) is 5.76 Å². The van der Waals surface area contributed by atoms with Crippen molar-refractivity contribution in [1.82, 2.24) is 30.0 Å². The number of rotatable bonds is 5. The molecule has 0 radical (unpaired) electrons. The van der Waals surface area contributed by atoms with E-state index < -0.39 is 0 Å². The Balaban J connectivity index is 1.75. The topological polar surface area (TPSA) is 103 Å². The molecule has 1 aliphatic rings. The molecule has 1 fully saturated rings. The van der Waals surface area contributed by atoms with Gasteiger partial charge in [-0.15, -0.1) is 0 Å². The lowest BCUT2D eigenvalue weighted by Gasteiger charge is -2.25. The molecule has 4 rings (SSSR count). The highest BCUT2D eigenvalue weighted by Gasteiger charge is 2.45. The Morgan fingerprint density at radius 3 is 2.64 bits per heavy atom. The molecule has 0 aliphatic carbocycles. The first-order valence-electron chi connectivity index (χ1n) is 9.53. The first-order chi connectivity index (χ1) is 13.5. The molecule has 4 heterocycles. The molecule has 0 aromatic carbocycles. The van der Waals surface area contributed by atoms with Gasteiger partial charge < -0.3 is 13.9 Å². The summed E-state index contributed by atoms with van der Waals surface area (Å²) in [5.74, 6) is 1.42. The van der Waals surface area contributed by atoms with E-state index in [9.17, 15) is 4.79 Å². The second kappa shape index (κ2) is 6.88. The molecule has 1 aliphatic heterocycles. The Labute approximate surface area is 162 Å². The van der Waals surface area contributed by atoms with Crippen LogP contribution in [0, 0.1) is 13.8 Å². The quantitative estimate of drug-likeness (QED) is 0.666. The summed E-state index contributed by atoms with van der Waals surface area (Å²) in [6.07, 6.45) is 2.86. The predicted octanol–water partition coefficient (Wildman–Crippen LogP) is 2.71. The third-order valence-electron chi connectivity index (χ3n) is 5.62. The smallest absolute Gasteiger partial charge is 0.233 e. The monoisotopic (exact) mass is 384 g/mol. The number of carbonyl (C=O) groups is 1. The largest absolute Gasteiger partial charge is 0.361 e. The Kier molecular flexibility index (Phi) is 4.52. The number of nitrogens with zero attached hydrogens (tertiary/aromatic N) is 6. The third kappa shape index (κ3) is 2.73. The fraction of sp³-hybridized carbons (Fsp3) is 0.526. The zero-order valence-corrected chi connectivity index (χ0v) is 16.8. The number of likely N-dealkylation sites (tertiary alicyclic amines) is 1. The van der Waals surface area contributed by atoms with Crippen LogP contribution in [0.25, 0.3) is 11.4 Å². The van der Waals surface area contributed by atoms with Gasteiger partial charge in [0.15, 0.2) is 0 Å². The van der Waals surface area contributed by atoms with E-state index in [1.54, 1.807) is 0 Å². The molecule has 0 saturated carbocycles. The Morgan fingerprint density at radius 1 is 1.21 bits per heavy atom. The molecule has 1 saturated heterocycles. The fourth-order valence-corrected chi connectivity index (χ4v) is 4.01. The SMILES string of the molecule is CCc1noc(C)c1-c1noc([C@H]2CC(=O)N(CC)[C@@H]2c2cnn(C)c2C)n1. The van der Waals surface area contributed by atoms with E-state index in [1.165, 1.54) is 0 Å². The van der Waals surface area contributed by atoms with E-state index in [4.69, 9.17) is 9.05 Å². The zero-order chi connectivity index (χ0) is 20.0. The average Bonchev–Trinajstić information content (AvgIpc) is 3.43. The second-order valence-corrected chi connectivity index (χ2v) is 7.11. The summed E-state index contributed by atoms with van der Waals surface area (Å²) in [5.41, 5.74) is 3.59. The van der Waals surface area contributed by atoms with Crippen molar-refractivity contribution >= 4 is 5.91 Å². The molecule has 9 nitrogen and oxygen atoms in total. The zero-order valence-electron chi connectivity index (χ0n) is 16.8. The van der Waals surface area contributed by atoms with Crippen LogP contribution in [0.3, 0.4) is 0 Å². The standard InChI is InChI=1S/C19H24N6O3/c1-6-14-16(11(4)27-22-14)18-21-19(28-23-18)12-8-15(26)25(7-2)17(12)13-9-20-24(5)10(13)3/h9,12,17H,6-8H2,1-5H3/t12-,17-/m0/s1. The van der Waals surface area contributed by atoms with E-state index in [-0.39, 0.29) is 17.9 Å². The molecule has 0 N–H and O–H groups in total. The maximum absolute atomic E-state index is 12.7. The Morgan fingerprint density at radius 2 is 2.00 bits per heavy atom. The van der Waals surface area contributed by atoms with Gasteiger partial charge in [0.25, 0.3) is 0 Å². The van der Waals surface area contributed by atoms with Gasteiger partial charge in [-0.3, -0.25) is 9.48 Å². The van der Waals surface area contributed by atoms with Crippen molar-refractivity contribution in [2.75, 3.05) is 6.54 Å². The molecule has 3 aromatic rings. The summed E-state index contributed by atoms with van der Waals surface area (Å²) in [4.78, 5) is 19.2. The molecular weight excluding hydrogens is 360 g/mol. The summed E-state index contributed by atoms with van der Waals surface area (Å²) >= 11 is 0. The van der Waals surface area contributed by atoms with Gasteiger partial charge in [-0.25, -0.2) is 0 Å². The third-order valence-corrected chi connectivity index (χ3v) is 5.62. The molecule has 0 bridgehead atoms. The summed E-state index contributed by atoms with van der Waals surface area (Å²) in [6, 6.07) is -0.172. The lowest BCUT2D eigenvalue weighted by molar-refractivity contribution is -0.128. The molecule has 2 atom stereocenters. The van der Waals surface area contributed by atoms with E-state index in [2.05, 4.69) is 20.4 Å².